The molecule has 0 radical (unpaired) electrons. The van der Waals surface area contributed by atoms with Gasteiger partial charge in [0.1, 0.15) is 0 Å². The fraction of sp³-hybridized carbons (Fsp3) is 0.294. The van der Waals surface area contributed by atoms with Crippen molar-refractivity contribution in [2.45, 2.75) is 29.7 Å². The Kier molecular flexibility index (Phi) is 5.63. The predicted octanol–water partition coefficient (Wildman–Crippen LogP) is 3.43. The predicted molar refractivity (Wildman–Crippen MR) is 99.1 cm³/mol. The Labute approximate surface area is 154 Å². The molecule has 0 spiro atoms. The number of hydrogen-bond acceptors (Lipinski definition) is 4. The maximum Gasteiger partial charge on any atom is 0.243 e. The van der Waals surface area contributed by atoms with Gasteiger partial charge in [0.05, 0.1) is 9.79 Å². The van der Waals surface area contributed by atoms with Gasteiger partial charge in [-0.15, -0.1) is 0 Å². The van der Waals surface area contributed by atoms with Crippen LogP contribution in [0, 0.1) is 6.92 Å². The average molecular weight is 402 g/mol. The van der Waals surface area contributed by atoms with Gasteiger partial charge < -0.3 is 0 Å². The summed E-state index contributed by atoms with van der Waals surface area (Å²) in [6.07, 6.45) is 1.13. The van der Waals surface area contributed by atoms with Crippen molar-refractivity contribution in [3.63, 3.8) is 0 Å². The lowest BCUT2D eigenvalue weighted by Gasteiger charge is -2.25. The number of sulfonamides is 1. The van der Waals surface area contributed by atoms with Crippen molar-refractivity contribution in [2.75, 3.05) is 13.3 Å². The quantitative estimate of drug-likeness (QED) is 0.769. The fourth-order valence-electron chi connectivity index (χ4n) is 2.47. The molecule has 136 valence electrons. The number of rotatable bonds is 5. The van der Waals surface area contributed by atoms with Crippen LogP contribution in [0.3, 0.4) is 0 Å². The van der Waals surface area contributed by atoms with E-state index in [9.17, 15) is 16.8 Å². The minimum Gasteiger partial charge on any atom is -0.224 e. The van der Waals surface area contributed by atoms with Crippen LogP contribution in [0.2, 0.25) is 5.02 Å². The molecule has 2 aromatic rings. The van der Waals surface area contributed by atoms with Crippen molar-refractivity contribution in [2.24, 2.45) is 0 Å². The second kappa shape index (κ2) is 7.07. The van der Waals surface area contributed by atoms with Gasteiger partial charge in [-0.2, -0.15) is 4.31 Å². The molecule has 0 aromatic heterocycles. The van der Waals surface area contributed by atoms with E-state index in [-0.39, 0.29) is 9.79 Å². The zero-order chi connectivity index (χ0) is 19.0. The van der Waals surface area contributed by atoms with Crippen LogP contribution in [0.15, 0.2) is 52.3 Å². The van der Waals surface area contributed by atoms with Gasteiger partial charge in [0, 0.05) is 24.4 Å². The summed E-state index contributed by atoms with van der Waals surface area (Å²) in [7, 11) is -5.51. The van der Waals surface area contributed by atoms with E-state index in [1.54, 1.807) is 38.1 Å². The third kappa shape index (κ3) is 4.23. The molecule has 0 aliphatic rings. The largest absolute Gasteiger partial charge is 0.243 e. The van der Waals surface area contributed by atoms with Crippen LogP contribution >= 0.6 is 11.6 Å². The molecule has 0 aliphatic heterocycles. The highest BCUT2D eigenvalue weighted by atomic mass is 35.5. The highest BCUT2D eigenvalue weighted by Gasteiger charge is 2.27. The van der Waals surface area contributed by atoms with Crippen LogP contribution in [-0.4, -0.2) is 34.4 Å². The Hall–Kier alpha value is -1.41. The molecule has 2 rings (SSSR count). The molecule has 0 amide bonds. The molecule has 0 saturated carbocycles. The minimum atomic E-state index is -3.72. The van der Waals surface area contributed by atoms with Crippen LogP contribution in [0.25, 0.3) is 0 Å². The van der Waals surface area contributed by atoms with Crippen molar-refractivity contribution < 1.29 is 16.8 Å². The van der Waals surface area contributed by atoms with E-state index in [2.05, 4.69) is 0 Å². The first-order valence-corrected chi connectivity index (χ1v) is 11.2. The summed E-state index contributed by atoms with van der Waals surface area (Å²) in [5.74, 6) is 0. The van der Waals surface area contributed by atoms with Crippen LogP contribution in [0.1, 0.15) is 24.1 Å². The maximum atomic E-state index is 12.9. The molecule has 1 atom stereocenters. The molecule has 0 heterocycles. The first-order chi connectivity index (χ1) is 11.4. The standard InChI is InChI=1S/C17H20ClNO4S2/c1-12-11-15(18)7-10-17(12)25(22,23)19(3)13(2)14-5-8-16(9-6-14)24(4,20)21/h5-11,13H,1-4H3. The van der Waals surface area contributed by atoms with E-state index in [0.29, 0.717) is 16.1 Å². The van der Waals surface area contributed by atoms with Crippen molar-refractivity contribution >= 4 is 31.5 Å². The molecule has 25 heavy (non-hydrogen) atoms. The molecule has 0 bridgehead atoms. The van der Waals surface area contributed by atoms with Crippen LogP contribution in [0.4, 0.5) is 0 Å². The van der Waals surface area contributed by atoms with Gasteiger partial charge in [-0.05, 0) is 55.3 Å². The Balaban J connectivity index is 2.37. The Morgan fingerprint density at radius 3 is 2.04 bits per heavy atom. The van der Waals surface area contributed by atoms with E-state index in [4.69, 9.17) is 11.6 Å². The summed E-state index contributed by atoms with van der Waals surface area (Å²) in [6, 6.07) is 10.4. The highest BCUT2D eigenvalue weighted by Crippen LogP contribution is 2.29. The first kappa shape index (κ1) is 19.9. The lowest BCUT2D eigenvalue weighted by molar-refractivity contribution is 0.398. The minimum absolute atomic E-state index is 0.194. The van der Waals surface area contributed by atoms with Gasteiger partial charge in [-0.3, -0.25) is 0 Å². The number of aryl methyl sites for hydroxylation is 1. The Bertz CT molecular complexity index is 984. The smallest absolute Gasteiger partial charge is 0.224 e. The average Bonchev–Trinajstić information content (AvgIpc) is 2.52. The van der Waals surface area contributed by atoms with Crippen molar-refractivity contribution in [1.29, 1.82) is 0 Å². The molecule has 5 nitrogen and oxygen atoms in total. The highest BCUT2D eigenvalue weighted by molar-refractivity contribution is 7.90. The molecular formula is C17H20ClNO4S2. The summed E-state index contributed by atoms with van der Waals surface area (Å²) in [5, 5.41) is 0.475. The van der Waals surface area contributed by atoms with E-state index in [0.717, 1.165) is 6.26 Å². The van der Waals surface area contributed by atoms with E-state index in [1.165, 1.54) is 29.6 Å². The molecule has 0 fully saturated rings. The van der Waals surface area contributed by atoms with Crippen molar-refractivity contribution in [3.8, 4) is 0 Å². The molecule has 0 aliphatic carbocycles. The summed E-state index contributed by atoms with van der Waals surface area (Å²) in [4.78, 5) is 0.390. The molecule has 8 heteroatoms. The van der Waals surface area contributed by atoms with E-state index >= 15 is 0 Å². The van der Waals surface area contributed by atoms with E-state index in [1.807, 2.05) is 0 Å². The lowest BCUT2D eigenvalue weighted by Crippen LogP contribution is -2.30. The van der Waals surface area contributed by atoms with Gasteiger partial charge in [0.15, 0.2) is 9.84 Å². The lowest BCUT2D eigenvalue weighted by atomic mass is 10.1. The van der Waals surface area contributed by atoms with Gasteiger partial charge in [-0.1, -0.05) is 23.7 Å². The van der Waals surface area contributed by atoms with Gasteiger partial charge in [0.2, 0.25) is 10.0 Å². The summed E-state index contributed by atoms with van der Waals surface area (Å²) >= 11 is 5.90. The third-order valence-electron chi connectivity index (χ3n) is 4.13. The van der Waals surface area contributed by atoms with Crippen LogP contribution in [-0.2, 0) is 19.9 Å². The normalized spacial score (nSPS) is 13.8. The molecule has 2 aromatic carbocycles. The van der Waals surface area contributed by atoms with Gasteiger partial charge in [-0.25, -0.2) is 16.8 Å². The first-order valence-electron chi connectivity index (χ1n) is 7.49. The van der Waals surface area contributed by atoms with Gasteiger partial charge >= 0.3 is 0 Å². The second-order valence-corrected chi connectivity index (χ2v) is 10.4. The zero-order valence-corrected chi connectivity index (χ0v) is 16.8. The number of nitrogens with zero attached hydrogens (tertiary/aromatic N) is 1. The number of sulfone groups is 1. The number of benzene rings is 2. The molecule has 0 saturated heterocycles. The maximum absolute atomic E-state index is 12.9. The summed E-state index contributed by atoms with van der Waals surface area (Å²) < 4.78 is 50.1. The zero-order valence-electron chi connectivity index (χ0n) is 14.4. The van der Waals surface area contributed by atoms with Crippen molar-refractivity contribution in [3.05, 3.63) is 58.6 Å². The fourth-order valence-corrected chi connectivity index (χ4v) is 4.88. The summed E-state index contributed by atoms with van der Waals surface area (Å²) in [5.41, 5.74) is 1.27. The third-order valence-corrected chi connectivity index (χ3v) is 7.58. The molecular weight excluding hydrogens is 382 g/mol. The SMILES string of the molecule is Cc1cc(Cl)ccc1S(=O)(=O)N(C)C(C)c1ccc(S(C)(=O)=O)cc1. The van der Waals surface area contributed by atoms with Crippen LogP contribution < -0.4 is 0 Å². The topological polar surface area (TPSA) is 71.5 Å². The second-order valence-electron chi connectivity index (χ2n) is 5.95. The van der Waals surface area contributed by atoms with Crippen molar-refractivity contribution in [1.82, 2.24) is 4.31 Å². The Morgan fingerprint density at radius 1 is 1.00 bits per heavy atom. The monoisotopic (exact) mass is 401 g/mol. The Morgan fingerprint density at radius 2 is 1.56 bits per heavy atom. The molecule has 1 unspecified atom stereocenters. The van der Waals surface area contributed by atoms with Gasteiger partial charge in [0.25, 0.3) is 0 Å². The van der Waals surface area contributed by atoms with Crippen LogP contribution in [0.5, 0.6) is 0 Å². The van der Waals surface area contributed by atoms with E-state index < -0.39 is 25.9 Å². The molecule has 0 N–H and O–H groups in total. The summed E-state index contributed by atoms with van der Waals surface area (Å²) in [6.45, 7) is 3.44. The number of halogens is 1. The number of hydrogen-bond donors (Lipinski definition) is 0.